The number of urea groups is 1. The Morgan fingerprint density at radius 3 is 3.00 bits per heavy atom. The van der Waals surface area contributed by atoms with Gasteiger partial charge in [0.15, 0.2) is 0 Å². The molecule has 1 aromatic carbocycles. The first-order valence-electron chi connectivity index (χ1n) is 9.00. The van der Waals surface area contributed by atoms with Crippen LogP contribution in [0.1, 0.15) is 37.9 Å². The minimum Gasteiger partial charge on any atom is -0.357 e. The summed E-state index contributed by atoms with van der Waals surface area (Å²) in [5.74, 6) is 0. The molecule has 0 aliphatic carbocycles. The van der Waals surface area contributed by atoms with Crippen molar-refractivity contribution >= 4 is 16.9 Å². The third-order valence-electron chi connectivity index (χ3n) is 5.32. The van der Waals surface area contributed by atoms with Crippen molar-refractivity contribution in [1.82, 2.24) is 20.5 Å². The van der Waals surface area contributed by atoms with Gasteiger partial charge in [0, 0.05) is 42.3 Å². The maximum absolute atomic E-state index is 12.5. The molecule has 3 N–H and O–H groups in total. The number of H-pyrrole nitrogens is 1. The SMILES string of the molecule is CC(C)NC(=O)N1CCCC2(C1)NCCc1c2[nH]c2ccccc12. The quantitative estimate of drug-likeness (QED) is 0.754. The summed E-state index contributed by atoms with van der Waals surface area (Å²) < 4.78 is 0. The van der Waals surface area contributed by atoms with Crippen LogP contribution in [0, 0.1) is 0 Å². The van der Waals surface area contributed by atoms with Gasteiger partial charge < -0.3 is 20.5 Å². The van der Waals surface area contributed by atoms with Crippen LogP contribution in [-0.2, 0) is 12.0 Å². The first-order valence-corrected chi connectivity index (χ1v) is 9.00. The third kappa shape index (κ3) is 2.47. The number of nitrogens with zero attached hydrogens (tertiary/aromatic N) is 1. The molecule has 5 nitrogen and oxygen atoms in total. The van der Waals surface area contributed by atoms with E-state index in [-0.39, 0.29) is 17.6 Å². The Hall–Kier alpha value is -2.01. The Morgan fingerprint density at radius 2 is 2.17 bits per heavy atom. The van der Waals surface area contributed by atoms with Gasteiger partial charge in [0.25, 0.3) is 0 Å². The van der Waals surface area contributed by atoms with Crippen molar-refractivity contribution in [2.24, 2.45) is 0 Å². The summed E-state index contributed by atoms with van der Waals surface area (Å²) in [5, 5.41) is 8.10. The summed E-state index contributed by atoms with van der Waals surface area (Å²) in [6.45, 7) is 6.54. The van der Waals surface area contributed by atoms with Crippen LogP contribution in [0.25, 0.3) is 10.9 Å². The highest BCUT2D eigenvalue weighted by atomic mass is 16.2. The first-order chi connectivity index (χ1) is 11.6. The summed E-state index contributed by atoms with van der Waals surface area (Å²) in [6.07, 6.45) is 3.13. The fourth-order valence-corrected chi connectivity index (χ4v) is 4.30. The number of rotatable bonds is 1. The van der Waals surface area contributed by atoms with E-state index in [1.54, 1.807) is 0 Å². The molecule has 1 aromatic heterocycles. The fourth-order valence-electron chi connectivity index (χ4n) is 4.30. The lowest BCUT2D eigenvalue weighted by Gasteiger charge is -2.45. The molecule has 5 heteroatoms. The molecular formula is C19H26N4O. The van der Waals surface area contributed by atoms with E-state index in [2.05, 4.69) is 39.9 Å². The van der Waals surface area contributed by atoms with Gasteiger partial charge in [-0.15, -0.1) is 0 Å². The average molecular weight is 326 g/mol. The molecule has 2 aliphatic heterocycles. The Bertz CT molecular complexity index is 766. The molecule has 24 heavy (non-hydrogen) atoms. The second-order valence-electron chi connectivity index (χ2n) is 7.41. The minimum atomic E-state index is -0.140. The van der Waals surface area contributed by atoms with E-state index < -0.39 is 0 Å². The van der Waals surface area contributed by atoms with Gasteiger partial charge in [0.05, 0.1) is 5.54 Å². The number of fused-ring (bicyclic) bond motifs is 4. The molecule has 1 saturated heterocycles. The molecule has 2 amide bonds. The molecule has 1 unspecified atom stereocenters. The monoisotopic (exact) mass is 326 g/mol. The minimum absolute atomic E-state index is 0.0501. The average Bonchev–Trinajstić information content (AvgIpc) is 2.95. The predicted octanol–water partition coefficient (Wildman–Crippen LogP) is 2.72. The zero-order chi connectivity index (χ0) is 16.7. The standard InChI is InChI=1S/C19H26N4O/c1-13(2)21-18(24)23-11-5-9-19(12-23)17-15(8-10-20-19)14-6-3-4-7-16(14)22-17/h3-4,6-7,13,20,22H,5,8-12H2,1-2H3,(H,21,24). The number of hydrogen-bond donors (Lipinski definition) is 3. The smallest absolute Gasteiger partial charge is 0.317 e. The number of aromatic amines is 1. The van der Waals surface area contributed by atoms with Crippen LogP contribution in [-0.4, -0.2) is 41.6 Å². The van der Waals surface area contributed by atoms with Crippen LogP contribution in [0.2, 0.25) is 0 Å². The van der Waals surface area contributed by atoms with Crippen molar-refractivity contribution in [2.75, 3.05) is 19.6 Å². The summed E-state index contributed by atoms with van der Waals surface area (Å²) in [6, 6.07) is 8.75. The number of piperidine rings is 1. The number of carbonyl (C=O) groups is 1. The molecule has 4 rings (SSSR count). The van der Waals surface area contributed by atoms with Crippen molar-refractivity contribution in [1.29, 1.82) is 0 Å². The zero-order valence-corrected chi connectivity index (χ0v) is 14.5. The Balaban J connectivity index is 1.70. The molecule has 0 bridgehead atoms. The third-order valence-corrected chi connectivity index (χ3v) is 5.32. The molecule has 128 valence electrons. The number of carbonyl (C=O) groups excluding carboxylic acids is 1. The van der Waals surface area contributed by atoms with E-state index in [4.69, 9.17) is 0 Å². The van der Waals surface area contributed by atoms with Crippen LogP contribution in [0.3, 0.4) is 0 Å². The van der Waals surface area contributed by atoms with Crippen LogP contribution in [0.15, 0.2) is 24.3 Å². The summed E-state index contributed by atoms with van der Waals surface area (Å²) in [4.78, 5) is 18.1. The molecule has 1 spiro atoms. The largest absolute Gasteiger partial charge is 0.357 e. The second kappa shape index (κ2) is 5.81. The molecular weight excluding hydrogens is 300 g/mol. The summed E-state index contributed by atoms with van der Waals surface area (Å²) in [5.41, 5.74) is 3.78. The van der Waals surface area contributed by atoms with Gasteiger partial charge in [0.1, 0.15) is 0 Å². The van der Waals surface area contributed by atoms with E-state index in [0.29, 0.717) is 0 Å². The summed E-state index contributed by atoms with van der Waals surface area (Å²) in [7, 11) is 0. The number of aromatic nitrogens is 1. The van der Waals surface area contributed by atoms with Gasteiger partial charge in [-0.1, -0.05) is 18.2 Å². The van der Waals surface area contributed by atoms with Gasteiger partial charge in [-0.2, -0.15) is 0 Å². The number of benzene rings is 1. The lowest BCUT2D eigenvalue weighted by Crippen LogP contribution is -2.60. The van der Waals surface area contributed by atoms with Crippen LogP contribution in [0.4, 0.5) is 4.79 Å². The van der Waals surface area contributed by atoms with Gasteiger partial charge in [-0.05, 0) is 44.7 Å². The highest BCUT2D eigenvalue weighted by molar-refractivity contribution is 5.85. The van der Waals surface area contributed by atoms with Crippen LogP contribution >= 0.6 is 0 Å². The Morgan fingerprint density at radius 1 is 1.33 bits per heavy atom. The molecule has 2 aliphatic rings. The van der Waals surface area contributed by atoms with Crippen molar-refractivity contribution in [3.05, 3.63) is 35.5 Å². The topological polar surface area (TPSA) is 60.2 Å². The Kier molecular flexibility index (Phi) is 3.76. The van der Waals surface area contributed by atoms with Crippen LogP contribution < -0.4 is 10.6 Å². The lowest BCUT2D eigenvalue weighted by atomic mass is 9.80. The number of amides is 2. The Labute approximate surface area is 142 Å². The van der Waals surface area contributed by atoms with Gasteiger partial charge in [-0.3, -0.25) is 0 Å². The zero-order valence-electron chi connectivity index (χ0n) is 14.5. The van der Waals surface area contributed by atoms with E-state index >= 15 is 0 Å². The molecule has 0 saturated carbocycles. The van der Waals surface area contributed by atoms with E-state index in [9.17, 15) is 4.79 Å². The second-order valence-corrected chi connectivity index (χ2v) is 7.41. The molecule has 2 aromatic rings. The van der Waals surface area contributed by atoms with E-state index in [0.717, 1.165) is 38.9 Å². The molecule has 3 heterocycles. The number of hydrogen-bond acceptors (Lipinski definition) is 2. The van der Waals surface area contributed by atoms with E-state index in [1.165, 1.54) is 22.2 Å². The molecule has 1 atom stereocenters. The van der Waals surface area contributed by atoms with Gasteiger partial charge in [-0.25, -0.2) is 4.79 Å². The first kappa shape index (κ1) is 15.5. The van der Waals surface area contributed by atoms with Gasteiger partial charge in [0.2, 0.25) is 0 Å². The normalized spacial score (nSPS) is 23.7. The molecule has 0 radical (unpaired) electrons. The lowest BCUT2D eigenvalue weighted by molar-refractivity contribution is 0.123. The predicted molar refractivity (Wildman–Crippen MR) is 96.2 cm³/mol. The highest BCUT2D eigenvalue weighted by Gasteiger charge is 2.43. The fraction of sp³-hybridized carbons (Fsp3) is 0.526. The highest BCUT2D eigenvalue weighted by Crippen LogP contribution is 2.39. The van der Waals surface area contributed by atoms with Crippen LogP contribution in [0.5, 0.6) is 0 Å². The van der Waals surface area contributed by atoms with Crippen molar-refractivity contribution in [3.8, 4) is 0 Å². The van der Waals surface area contributed by atoms with Crippen molar-refractivity contribution < 1.29 is 4.79 Å². The molecule has 1 fully saturated rings. The number of para-hydroxylation sites is 1. The maximum Gasteiger partial charge on any atom is 0.317 e. The van der Waals surface area contributed by atoms with Crippen molar-refractivity contribution in [3.63, 3.8) is 0 Å². The van der Waals surface area contributed by atoms with Gasteiger partial charge >= 0.3 is 6.03 Å². The summed E-state index contributed by atoms with van der Waals surface area (Å²) >= 11 is 0. The number of nitrogens with one attached hydrogen (secondary N) is 3. The van der Waals surface area contributed by atoms with E-state index in [1.807, 2.05) is 18.7 Å². The van der Waals surface area contributed by atoms with Crippen molar-refractivity contribution in [2.45, 2.75) is 44.7 Å². The number of likely N-dealkylation sites (tertiary alicyclic amines) is 1. The maximum atomic E-state index is 12.5.